The van der Waals surface area contributed by atoms with Crippen LogP contribution in [0.3, 0.4) is 0 Å². The molecule has 3 heteroatoms. The molecule has 12 rings (SSSR count). The highest BCUT2D eigenvalue weighted by Crippen LogP contribution is 2.52. The summed E-state index contributed by atoms with van der Waals surface area (Å²) in [7, 11) is 0. The van der Waals surface area contributed by atoms with Crippen LogP contribution in [0.5, 0.6) is 0 Å². The van der Waals surface area contributed by atoms with Crippen LogP contribution in [0.2, 0.25) is 0 Å². The maximum Gasteiger partial charge on any atom is 0.160 e. The van der Waals surface area contributed by atoms with Crippen LogP contribution in [0.1, 0.15) is 25.0 Å². The topological polar surface area (TPSA) is 25.8 Å². The molecule has 0 aliphatic heterocycles. The smallest absolute Gasteiger partial charge is 0.160 e. The average Bonchev–Trinajstić information content (AvgIpc) is 3.82. The van der Waals surface area contributed by atoms with Gasteiger partial charge >= 0.3 is 0 Å². The van der Waals surface area contributed by atoms with Crippen molar-refractivity contribution in [1.82, 2.24) is 9.97 Å². The maximum atomic E-state index is 5.33. The fourth-order valence-corrected chi connectivity index (χ4v) is 10.7. The number of aromatic nitrogens is 2. The molecule has 11 aromatic rings. The second kappa shape index (κ2) is 14.3. The number of fused-ring (bicyclic) bond motifs is 7. The Hall–Kier alpha value is -7.46. The van der Waals surface area contributed by atoms with Gasteiger partial charge in [-0.1, -0.05) is 172 Å². The molecule has 2 heterocycles. The fourth-order valence-electron chi connectivity index (χ4n) is 9.66. The van der Waals surface area contributed by atoms with Crippen molar-refractivity contribution < 1.29 is 0 Å². The third-order valence-corrected chi connectivity index (χ3v) is 14.0. The van der Waals surface area contributed by atoms with E-state index in [-0.39, 0.29) is 5.41 Å². The van der Waals surface area contributed by atoms with Gasteiger partial charge in [0.1, 0.15) is 0 Å². The Balaban J connectivity index is 1.02. The third-order valence-electron chi connectivity index (χ3n) is 12.9. The second-order valence-electron chi connectivity index (χ2n) is 17.0. The lowest BCUT2D eigenvalue weighted by atomic mass is 9.82. The Kier molecular flexibility index (Phi) is 8.41. The number of benzene rings is 9. The molecule has 0 radical (unpaired) electrons. The largest absolute Gasteiger partial charge is 0.228 e. The minimum atomic E-state index is -0.0520. The van der Waals surface area contributed by atoms with Crippen LogP contribution < -0.4 is 0 Å². The van der Waals surface area contributed by atoms with Crippen molar-refractivity contribution in [2.24, 2.45) is 0 Å². The molecular weight excluding hydrogens is 769 g/mol. The van der Waals surface area contributed by atoms with Gasteiger partial charge in [0.15, 0.2) is 5.82 Å². The van der Waals surface area contributed by atoms with Crippen LogP contribution in [0.4, 0.5) is 0 Å². The van der Waals surface area contributed by atoms with Gasteiger partial charge in [-0.05, 0) is 115 Å². The Bertz CT molecular complexity index is 3540. The summed E-state index contributed by atoms with van der Waals surface area (Å²) in [6.07, 6.45) is 0. The minimum Gasteiger partial charge on any atom is -0.228 e. The molecule has 1 aliphatic carbocycles. The van der Waals surface area contributed by atoms with Crippen LogP contribution >= 0.6 is 11.3 Å². The van der Waals surface area contributed by atoms with E-state index in [1.54, 1.807) is 0 Å². The third kappa shape index (κ3) is 6.08. The van der Waals surface area contributed by atoms with Gasteiger partial charge < -0.3 is 0 Å². The van der Waals surface area contributed by atoms with Crippen molar-refractivity contribution in [3.05, 3.63) is 217 Å². The first kappa shape index (κ1) is 36.4. The molecule has 0 amide bonds. The Morgan fingerprint density at radius 3 is 1.79 bits per heavy atom. The number of rotatable bonds is 6. The zero-order valence-corrected chi connectivity index (χ0v) is 35.2. The summed E-state index contributed by atoms with van der Waals surface area (Å²) in [5.41, 5.74) is 17.3. The predicted molar refractivity (Wildman–Crippen MR) is 263 cm³/mol. The summed E-state index contributed by atoms with van der Waals surface area (Å²) in [5.74, 6) is 0.700. The first-order valence-electron chi connectivity index (χ1n) is 21.3. The first-order valence-corrected chi connectivity index (χ1v) is 22.1. The molecule has 0 spiro atoms. The highest BCUT2D eigenvalue weighted by atomic mass is 32.1. The standard InChI is InChI=1S/C59H40N2S/c1-59(2)51-20-10-8-18-49(51)57-47(19-12-21-52(57)59)38-24-26-39(27-25-38)53-36-54(61-58(60-53)40-14-4-3-5-15-40)46-33-44(42-28-23-37-13-6-7-16-41(37)31-42)32-45(34-46)43-29-30-56-50(35-43)48-17-9-11-22-55(48)62-56/h3-36H,1-2H3. The molecule has 0 saturated carbocycles. The summed E-state index contributed by atoms with van der Waals surface area (Å²) in [5, 5.41) is 5.03. The van der Waals surface area contributed by atoms with Crippen molar-refractivity contribution >= 4 is 42.3 Å². The predicted octanol–water partition coefficient (Wildman–Crippen LogP) is 16.3. The van der Waals surface area contributed by atoms with E-state index in [1.807, 2.05) is 17.4 Å². The monoisotopic (exact) mass is 808 g/mol. The van der Waals surface area contributed by atoms with Crippen LogP contribution in [-0.4, -0.2) is 9.97 Å². The van der Waals surface area contributed by atoms with E-state index in [0.29, 0.717) is 5.82 Å². The van der Waals surface area contributed by atoms with Crippen molar-refractivity contribution in [2.45, 2.75) is 19.3 Å². The lowest BCUT2D eigenvalue weighted by Gasteiger charge is -2.21. The van der Waals surface area contributed by atoms with Crippen LogP contribution in [0.25, 0.3) is 109 Å². The molecule has 2 aromatic heterocycles. The van der Waals surface area contributed by atoms with Crippen molar-refractivity contribution in [1.29, 1.82) is 0 Å². The average molecular weight is 809 g/mol. The van der Waals surface area contributed by atoms with E-state index in [1.165, 1.54) is 75.5 Å². The molecule has 0 fully saturated rings. The van der Waals surface area contributed by atoms with E-state index in [0.717, 1.165) is 39.2 Å². The van der Waals surface area contributed by atoms with Crippen LogP contribution in [-0.2, 0) is 5.41 Å². The molecule has 0 unspecified atom stereocenters. The van der Waals surface area contributed by atoms with Gasteiger partial charge in [0.05, 0.1) is 11.4 Å². The molecular formula is C59H40N2S. The quantitative estimate of drug-likeness (QED) is 0.167. The molecule has 62 heavy (non-hydrogen) atoms. The van der Waals surface area contributed by atoms with Crippen molar-refractivity contribution in [3.63, 3.8) is 0 Å². The normalized spacial score (nSPS) is 12.8. The minimum absolute atomic E-state index is 0.0520. The van der Waals surface area contributed by atoms with Gasteiger partial charge in [-0.3, -0.25) is 0 Å². The first-order chi connectivity index (χ1) is 30.4. The van der Waals surface area contributed by atoms with Gasteiger partial charge in [0.2, 0.25) is 0 Å². The molecule has 0 saturated heterocycles. The van der Waals surface area contributed by atoms with Crippen molar-refractivity contribution in [2.75, 3.05) is 0 Å². The maximum absolute atomic E-state index is 5.33. The Labute approximate surface area is 365 Å². The zero-order chi connectivity index (χ0) is 41.4. The summed E-state index contributed by atoms with van der Waals surface area (Å²) in [6, 6.07) is 75.0. The summed E-state index contributed by atoms with van der Waals surface area (Å²) >= 11 is 1.85. The van der Waals surface area contributed by atoms with E-state index in [2.05, 4.69) is 214 Å². The highest BCUT2D eigenvalue weighted by molar-refractivity contribution is 7.25. The summed E-state index contributed by atoms with van der Waals surface area (Å²) in [6.45, 7) is 4.68. The Morgan fingerprint density at radius 1 is 0.355 bits per heavy atom. The van der Waals surface area contributed by atoms with Gasteiger partial charge in [0, 0.05) is 42.3 Å². The molecule has 1 aliphatic rings. The fraction of sp³-hybridized carbons (Fsp3) is 0.0508. The van der Waals surface area contributed by atoms with Crippen LogP contribution in [0.15, 0.2) is 206 Å². The van der Waals surface area contributed by atoms with Crippen molar-refractivity contribution in [3.8, 4) is 78.4 Å². The molecule has 0 N–H and O–H groups in total. The number of nitrogens with zero attached hydrogens (tertiary/aromatic N) is 2. The molecule has 0 atom stereocenters. The van der Waals surface area contributed by atoms with Gasteiger partial charge in [-0.25, -0.2) is 9.97 Å². The number of hydrogen-bond acceptors (Lipinski definition) is 3. The molecule has 292 valence electrons. The molecule has 0 bridgehead atoms. The van der Waals surface area contributed by atoms with E-state index < -0.39 is 0 Å². The lowest BCUT2D eigenvalue weighted by molar-refractivity contribution is 0.660. The van der Waals surface area contributed by atoms with Crippen LogP contribution in [0, 0.1) is 0 Å². The van der Waals surface area contributed by atoms with Gasteiger partial charge in [-0.2, -0.15) is 0 Å². The van der Waals surface area contributed by atoms with E-state index in [9.17, 15) is 0 Å². The lowest BCUT2D eigenvalue weighted by Crippen LogP contribution is -2.14. The molecule has 9 aromatic carbocycles. The van der Waals surface area contributed by atoms with Gasteiger partial charge in [0.25, 0.3) is 0 Å². The number of thiophene rings is 1. The number of hydrogen-bond donors (Lipinski definition) is 0. The van der Waals surface area contributed by atoms with E-state index >= 15 is 0 Å². The molecule has 2 nitrogen and oxygen atoms in total. The summed E-state index contributed by atoms with van der Waals surface area (Å²) < 4.78 is 2.60. The SMILES string of the molecule is CC1(C)c2ccccc2-c2c(-c3ccc(-c4cc(-c5cc(-c6ccc7ccccc7c6)cc(-c6ccc7sc8ccccc8c7c6)c5)nc(-c5ccccc5)n4)cc3)cccc21. The second-order valence-corrected chi connectivity index (χ2v) is 18.1. The van der Waals surface area contributed by atoms with E-state index in [4.69, 9.17) is 9.97 Å². The van der Waals surface area contributed by atoms with Gasteiger partial charge in [-0.15, -0.1) is 11.3 Å². The summed E-state index contributed by atoms with van der Waals surface area (Å²) in [4.78, 5) is 10.6. The zero-order valence-electron chi connectivity index (χ0n) is 34.4. The highest BCUT2D eigenvalue weighted by Gasteiger charge is 2.36. The Morgan fingerprint density at radius 2 is 0.952 bits per heavy atom.